The predicted octanol–water partition coefficient (Wildman–Crippen LogP) is 5.40. The number of hydrogen-bond acceptors (Lipinski definition) is 9. The molecule has 4 N–H and O–H groups in total. The van der Waals surface area contributed by atoms with Crippen LogP contribution in [0.2, 0.25) is 0 Å². The van der Waals surface area contributed by atoms with Crippen molar-refractivity contribution >= 4 is 23.8 Å². The van der Waals surface area contributed by atoms with Crippen molar-refractivity contribution in [1.82, 2.24) is 15.0 Å². The monoisotopic (exact) mass is 588 g/mol. The highest BCUT2D eigenvalue weighted by molar-refractivity contribution is 6.07. The fourth-order valence-electron chi connectivity index (χ4n) is 4.86. The normalized spacial score (nSPS) is 14.5. The Hall–Kier alpha value is -5.39. The molecule has 4 aromatic rings. The van der Waals surface area contributed by atoms with Gasteiger partial charge in [-0.15, -0.1) is 0 Å². The van der Waals surface area contributed by atoms with Gasteiger partial charge >= 0.3 is 6.18 Å². The highest BCUT2D eigenvalue weighted by Gasteiger charge is 2.31. The molecule has 0 amide bonds. The molecule has 9 nitrogen and oxygen atoms in total. The van der Waals surface area contributed by atoms with Crippen molar-refractivity contribution < 1.29 is 27.4 Å². The summed E-state index contributed by atoms with van der Waals surface area (Å²) in [4.78, 5) is 21.6. The molecule has 0 radical (unpaired) electrons. The van der Waals surface area contributed by atoms with E-state index in [0.717, 1.165) is 23.3 Å². The molecule has 1 aromatic heterocycles. The number of nitrogens with zero attached hydrogens (tertiary/aromatic N) is 4. The summed E-state index contributed by atoms with van der Waals surface area (Å²) in [6, 6.07) is 15.1. The van der Waals surface area contributed by atoms with E-state index in [1.807, 2.05) is 24.3 Å². The third-order valence-electron chi connectivity index (χ3n) is 6.93. The number of nitrogens with two attached hydrogens (primary N) is 2. The number of methoxy groups -OCH3 is 2. The molecular formula is C31H27F3N6O3. The predicted molar refractivity (Wildman–Crippen MR) is 156 cm³/mol. The van der Waals surface area contributed by atoms with E-state index in [1.54, 1.807) is 18.3 Å². The van der Waals surface area contributed by atoms with E-state index in [9.17, 15) is 18.0 Å². The third kappa shape index (κ3) is 6.13. The van der Waals surface area contributed by atoms with Gasteiger partial charge in [-0.1, -0.05) is 36.4 Å². The number of nitrogen functional groups attached to an aromatic ring is 2. The van der Waals surface area contributed by atoms with Gasteiger partial charge in [0.25, 0.3) is 0 Å². The first-order chi connectivity index (χ1) is 20.6. The zero-order valence-electron chi connectivity index (χ0n) is 23.2. The Kier molecular flexibility index (Phi) is 8.02. The van der Waals surface area contributed by atoms with Crippen molar-refractivity contribution in [3.8, 4) is 11.5 Å². The molecule has 0 fully saturated rings. The smallest absolute Gasteiger partial charge is 0.416 e. The highest BCUT2D eigenvalue weighted by Crippen LogP contribution is 2.37. The molecule has 1 unspecified atom stereocenters. The number of hydrazone groups is 1. The van der Waals surface area contributed by atoms with Gasteiger partial charge in [0.15, 0.2) is 17.3 Å². The maximum atomic E-state index is 13.6. The van der Waals surface area contributed by atoms with Gasteiger partial charge in [-0.2, -0.15) is 23.3 Å². The van der Waals surface area contributed by atoms with E-state index < -0.39 is 23.6 Å². The van der Waals surface area contributed by atoms with Gasteiger partial charge in [0, 0.05) is 36.0 Å². The number of alkyl halides is 3. The van der Waals surface area contributed by atoms with Crippen molar-refractivity contribution in [2.24, 2.45) is 5.10 Å². The van der Waals surface area contributed by atoms with Gasteiger partial charge in [0.2, 0.25) is 5.95 Å². The van der Waals surface area contributed by atoms with Crippen molar-refractivity contribution in [2.75, 3.05) is 25.7 Å². The van der Waals surface area contributed by atoms with Gasteiger partial charge in [-0.3, -0.25) is 9.80 Å². The highest BCUT2D eigenvalue weighted by atomic mass is 19.4. The molecule has 1 aliphatic rings. The summed E-state index contributed by atoms with van der Waals surface area (Å²) in [5, 5.41) is 6.02. The molecule has 5 rings (SSSR count). The molecule has 12 heteroatoms. The standard InChI is InChI=1S/C31H27F3N6O3/c1-42-26-15-18(13-21-16-37-30(36)39-29(21)35)14-24(28(26)43-2)25(41)11-12-40-27(23-6-4-3-5-20(23)17-38-40)19-7-9-22(10-8-19)31(32,33)34/h3-12,14-17,27H,13H2,1-2H3,(H4,35,36,37,39)/b12-11+. The summed E-state index contributed by atoms with van der Waals surface area (Å²) in [6.07, 6.45) is 1.79. The van der Waals surface area contributed by atoms with Gasteiger partial charge in [0.05, 0.1) is 31.6 Å². The number of anilines is 2. The molecule has 1 aliphatic heterocycles. The van der Waals surface area contributed by atoms with Crippen LogP contribution in [-0.2, 0) is 12.6 Å². The number of allylic oxidation sites excluding steroid dienone is 1. The molecule has 43 heavy (non-hydrogen) atoms. The quantitative estimate of drug-likeness (QED) is 0.207. The van der Waals surface area contributed by atoms with Crippen LogP contribution < -0.4 is 20.9 Å². The van der Waals surface area contributed by atoms with Crippen molar-refractivity contribution in [1.29, 1.82) is 0 Å². The maximum Gasteiger partial charge on any atom is 0.416 e. The lowest BCUT2D eigenvalue weighted by Crippen LogP contribution is -2.25. The lowest BCUT2D eigenvalue weighted by Gasteiger charge is -2.31. The van der Waals surface area contributed by atoms with E-state index in [-0.39, 0.29) is 23.1 Å². The van der Waals surface area contributed by atoms with E-state index in [4.69, 9.17) is 20.9 Å². The lowest BCUT2D eigenvalue weighted by molar-refractivity contribution is -0.137. The second kappa shape index (κ2) is 11.8. The number of aromatic nitrogens is 2. The fourth-order valence-corrected chi connectivity index (χ4v) is 4.86. The number of ether oxygens (including phenoxy) is 2. The molecule has 0 spiro atoms. The van der Waals surface area contributed by atoms with E-state index in [0.29, 0.717) is 28.9 Å². The molecule has 0 aliphatic carbocycles. The number of benzene rings is 3. The van der Waals surface area contributed by atoms with Crippen LogP contribution in [0, 0.1) is 0 Å². The minimum atomic E-state index is -4.46. The van der Waals surface area contributed by atoms with Crippen LogP contribution in [0.4, 0.5) is 24.9 Å². The van der Waals surface area contributed by atoms with Crippen LogP contribution >= 0.6 is 0 Å². The fraction of sp³-hybridized carbons (Fsp3) is 0.161. The molecule has 0 saturated heterocycles. The average Bonchev–Trinajstić information content (AvgIpc) is 3.00. The molecule has 220 valence electrons. The van der Waals surface area contributed by atoms with Gasteiger partial charge < -0.3 is 20.9 Å². The molecule has 0 saturated carbocycles. The number of hydrogen-bond donors (Lipinski definition) is 2. The number of fused-ring (bicyclic) bond motifs is 1. The second-order valence-corrected chi connectivity index (χ2v) is 9.65. The maximum absolute atomic E-state index is 13.6. The largest absolute Gasteiger partial charge is 0.493 e. The Morgan fingerprint density at radius 2 is 1.79 bits per heavy atom. The van der Waals surface area contributed by atoms with Crippen LogP contribution in [0.5, 0.6) is 11.5 Å². The van der Waals surface area contributed by atoms with Crippen LogP contribution in [0.25, 0.3) is 0 Å². The first-order valence-electron chi connectivity index (χ1n) is 13.0. The Balaban J connectivity index is 1.49. The van der Waals surface area contributed by atoms with Crippen LogP contribution in [-0.4, -0.2) is 41.2 Å². The minimum Gasteiger partial charge on any atom is -0.493 e. The second-order valence-electron chi connectivity index (χ2n) is 9.65. The minimum absolute atomic E-state index is 0.0483. The summed E-state index contributed by atoms with van der Waals surface area (Å²) in [5.74, 6) is 0.409. The van der Waals surface area contributed by atoms with Crippen molar-refractivity contribution in [2.45, 2.75) is 18.6 Å². The zero-order valence-corrected chi connectivity index (χ0v) is 23.2. The molecule has 2 heterocycles. The first kappa shape index (κ1) is 29.1. The number of ketones is 1. The molecule has 1 atom stereocenters. The number of carbonyl (C=O) groups excluding carboxylic acids is 1. The molecule has 3 aromatic carbocycles. The van der Waals surface area contributed by atoms with Crippen molar-refractivity contribution in [3.05, 3.63) is 118 Å². The first-order valence-corrected chi connectivity index (χ1v) is 13.0. The lowest BCUT2D eigenvalue weighted by atomic mass is 9.92. The Labute approximate surface area is 245 Å². The summed E-state index contributed by atoms with van der Waals surface area (Å²) in [7, 11) is 2.89. The van der Waals surface area contributed by atoms with Gasteiger partial charge in [-0.05, 0) is 41.0 Å². The summed E-state index contributed by atoms with van der Waals surface area (Å²) < 4.78 is 50.7. The Morgan fingerprint density at radius 1 is 1.05 bits per heavy atom. The summed E-state index contributed by atoms with van der Waals surface area (Å²) >= 11 is 0. The number of halogens is 3. The van der Waals surface area contributed by atoms with Crippen LogP contribution in [0.1, 0.15) is 49.8 Å². The van der Waals surface area contributed by atoms with Gasteiger partial charge in [0.1, 0.15) is 11.9 Å². The Bertz CT molecular complexity index is 1720. The summed E-state index contributed by atoms with van der Waals surface area (Å²) in [5.41, 5.74) is 14.6. The SMILES string of the molecule is COc1cc(Cc2cnc(N)nc2N)cc(C(=O)/C=C/N2N=Cc3ccccc3C2c2ccc(C(F)(F)F)cc2)c1OC. The van der Waals surface area contributed by atoms with Crippen LogP contribution in [0.3, 0.4) is 0 Å². The van der Waals surface area contributed by atoms with Crippen molar-refractivity contribution in [3.63, 3.8) is 0 Å². The zero-order chi connectivity index (χ0) is 30.7. The topological polar surface area (TPSA) is 129 Å². The number of rotatable bonds is 8. The number of carbonyl (C=O) groups is 1. The summed E-state index contributed by atoms with van der Waals surface area (Å²) in [6.45, 7) is 0. The van der Waals surface area contributed by atoms with E-state index in [2.05, 4.69) is 15.1 Å². The van der Waals surface area contributed by atoms with E-state index in [1.165, 1.54) is 49.8 Å². The van der Waals surface area contributed by atoms with Gasteiger partial charge in [-0.25, -0.2) is 4.98 Å². The van der Waals surface area contributed by atoms with E-state index >= 15 is 0 Å². The molecule has 0 bridgehead atoms. The average molecular weight is 589 g/mol. The molecular weight excluding hydrogens is 561 g/mol. The van der Waals surface area contributed by atoms with Crippen LogP contribution in [0.15, 0.2) is 84.2 Å². The Morgan fingerprint density at radius 3 is 2.47 bits per heavy atom. The third-order valence-corrected chi connectivity index (χ3v) is 6.93.